The summed E-state index contributed by atoms with van der Waals surface area (Å²) in [7, 11) is 0. The topological polar surface area (TPSA) is 88.2 Å². The van der Waals surface area contributed by atoms with Crippen LogP contribution in [0.15, 0.2) is 30.3 Å². The molecule has 1 aromatic carbocycles. The SMILES string of the molecule is Cc1nc2sc(C(=O)Nc3ccccc3Cl)c(N)c2cc1C(C)O. The number of nitrogens with one attached hydrogen (secondary N) is 1. The first-order valence-corrected chi connectivity index (χ1v) is 8.51. The Morgan fingerprint density at radius 1 is 1.42 bits per heavy atom. The molecule has 2 aromatic heterocycles. The van der Waals surface area contributed by atoms with Gasteiger partial charge in [0.15, 0.2) is 0 Å². The largest absolute Gasteiger partial charge is 0.397 e. The Morgan fingerprint density at radius 3 is 2.79 bits per heavy atom. The number of hydrogen-bond donors (Lipinski definition) is 3. The van der Waals surface area contributed by atoms with Crippen molar-refractivity contribution in [2.75, 3.05) is 11.1 Å². The number of aromatic nitrogens is 1. The maximum absolute atomic E-state index is 12.5. The predicted octanol–water partition coefficient (Wildman–Crippen LogP) is 4.15. The van der Waals surface area contributed by atoms with Gasteiger partial charge in [-0.3, -0.25) is 4.79 Å². The number of halogens is 1. The van der Waals surface area contributed by atoms with E-state index < -0.39 is 6.10 Å². The van der Waals surface area contributed by atoms with Crippen molar-refractivity contribution in [1.29, 1.82) is 0 Å². The molecule has 24 heavy (non-hydrogen) atoms. The van der Waals surface area contributed by atoms with E-state index in [-0.39, 0.29) is 5.91 Å². The molecule has 3 aromatic rings. The van der Waals surface area contributed by atoms with Gasteiger partial charge in [-0.1, -0.05) is 23.7 Å². The Hall–Kier alpha value is -2.15. The van der Waals surface area contributed by atoms with Crippen LogP contribution in [0.3, 0.4) is 0 Å². The number of rotatable bonds is 3. The second kappa shape index (κ2) is 6.39. The molecular weight excluding hydrogens is 346 g/mol. The van der Waals surface area contributed by atoms with Crippen molar-refractivity contribution in [3.63, 3.8) is 0 Å². The lowest BCUT2D eigenvalue weighted by Gasteiger charge is -2.08. The molecule has 0 bridgehead atoms. The molecule has 1 unspecified atom stereocenters. The number of nitrogens with zero attached hydrogens (tertiary/aromatic N) is 1. The number of anilines is 2. The van der Waals surface area contributed by atoms with E-state index in [2.05, 4.69) is 10.3 Å². The van der Waals surface area contributed by atoms with E-state index in [9.17, 15) is 9.90 Å². The van der Waals surface area contributed by atoms with Gasteiger partial charge in [0.25, 0.3) is 5.91 Å². The van der Waals surface area contributed by atoms with Crippen LogP contribution in [0.2, 0.25) is 5.02 Å². The third kappa shape index (κ3) is 2.96. The minimum absolute atomic E-state index is 0.333. The molecule has 0 spiro atoms. The third-order valence-corrected chi connectivity index (χ3v) is 5.17. The summed E-state index contributed by atoms with van der Waals surface area (Å²) in [6, 6.07) is 8.79. The molecule has 124 valence electrons. The van der Waals surface area contributed by atoms with Crippen LogP contribution < -0.4 is 11.1 Å². The van der Waals surface area contributed by atoms with Gasteiger partial charge in [0.05, 0.1) is 22.5 Å². The van der Waals surface area contributed by atoms with E-state index >= 15 is 0 Å². The maximum Gasteiger partial charge on any atom is 0.267 e. The van der Waals surface area contributed by atoms with Gasteiger partial charge in [-0.2, -0.15) is 0 Å². The second-order valence-electron chi connectivity index (χ2n) is 5.47. The number of carbonyl (C=O) groups is 1. The van der Waals surface area contributed by atoms with Crippen molar-refractivity contribution in [3.05, 3.63) is 51.5 Å². The van der Waals surface area contributed by atoms with Crippen LogP contribution in [0.1, 0.15) is 34.0 Å². The number of nitrogens with two attached hydrogens (primary N) is 1. The fourth-order valence-corrected chi connectivity index (χ4v) is 3.68. The van der Waals surface area contributed by atoms with E-state index in [0.717, 1.165) is 5.69 Å². The quantitative estimate of drug-likeness (QED) is 0.654. The predicted molar refractivity (Wildman–Crippen MR) is 98.8 cm³/mol. The van der Waals surface area contributed by atoms with Gasteiger partial charge < -0.3 is 16.2 Å². The number of aliphatic hydroxyl groups is 1. The summed E-state index contributed by atoms with van der Waals surface area (Å²) < 4.78 is 0. The minimum atomic E-state index is -0.651. The van der Waals surface area contributed by atoms with E-state index in [0.29, 0.717) is 37.1 Å². The lowest BCUT2D eigenvalue weighted by Crippen LogP contribution is -2.12. The minimum Gasteiger partial charge on any atom is -0.397 e. The van der Waals surface area contributed by atoms with Crippen molar-refractivity contribution < 1.29 is 9.90 Å². The average molecular weight is 362 g/mol. The first-order valence-electron chi connectivity index (χ1n) is 7.32. The molecule has 3 rings (SSSR count). The average Bonchev–Trinajstić information content (AvgIpc) is 2.84. The molecule has 0 radical (unpaired) electrons. The fraction of sp³-hybridized carbons (Fsp3) is 0.176. The van der Waals surface area contributed by atoms with Crippen LogP contribution in [0.25, 0.3) is 10.2 Å². The standard InChI is InChI=1S/C17H16ClN3O2S/c1-8-10(9(2)22)7-11-14(19)15(24-17(11)20-8)16(23)21-13-6-4-3-5-12(13)18/h3-7,9,22H,19H2,1-2H3,(H,21,23). The lowest BCUT2D eigenvalue weighted by atomic mass is 10.1. The summed E-state index contributed by atoms with van der Waals surface area (Å²) in [6.45, 7) is 3.49. The highest BCUT2D eigenvalue weighted by atomic mass is 35.5. The van der Waals surface area contributed by atoms with Crippen molar-refractivity contribution >= 4 is 50.4 Å². The highest BCUT2D eigenvalue weighted by Gasteiger charge is 2.20. The number of fused-ring (bicyclic) bond motifs is 1. The zero-order chi connectivity index (χ0) is 17.4. The van der Waals surface area contributed by atoms with Gasteiger partial charge in [0, 0.05) is 16.6 Å². The number of carbonyl (C=O) groups excluding carboxylic acids is 1. The summed E-state index contributed by atoms with van der Waals surface area (Å²) in [4.78, 5) is 18.0. The number of aryl methyl sites for hydroxylation is 1. The molecular formula is C17H16ClN3O2S. The zero-order valence-electron chi connectivity index (χ0n) is 13.1. The van der Waals surface area contributed by atoms with Gasteiger partial charge >= 0.3 is 0 Å². The van der Waals surface area contributed by atoms with Crippen LogP contribution in [0.5, 0.6) is 0 Å². The highest BCUT2D eigenvalue weighted by Crippen LogP contribution is 2.35. The van der Waals surface area contributed by atoms with Gasteiger partial charge in [-0.15, -0.1) is 11.3 Å². The van der Waals surface area contributed by atoms with Crippen LogP contribution in [-0.2, 0) is 0 Å². The maximum atomic E-state index is 12.5. The van der Waals surface area contributed by atoms with Gasteiger partial charge in [0.2, 0.25) is 0 Å². The molecule has 0 aliphatic heterocycles. The summed E-state index contributed by atoms with van der Waals surface area (Å²) in [5.41, 5.74) is 8.44. The van der Waals surface area contributed by atoms with Crippen molar-refractivity contribution in [2.24, 2.45) is 0 Å². The summed E-state index contributed by atoms with van der Waals surface area (Å²) >= 11 is 7.29. The zero-order valence-corrected chi connectivity index (χ0v) is 14.7. The Labute approximate surface area is 148 Å². The number of hydrogen-bond acceptors (Lipinski definition) is 5. The van der Waals surface area contributed by atoms with E-state index in [1.807, 2.05) is 6.92 Å². The highest BCUT2D eigenvalue weighted by molar-refractivity contribution is 7.21. The van der Waals surface area contributed by atoms with Gasteiger partial charge in [-0.25, -0.2) is 4.98 Å². The van der Waals surface area contributed by atoms with Crippen LogP contribution in [0, 0.1) is 6.92 Å². The van der Waals surface area contributed by atoms with Gasteiger partial charge in [0.1, 0.15) is 9.71 Å². The normalized spacial score (nSPS) is 12.3. The number of nitrogen functional groups attached to an aromatic ring is 1. The smallest absolute Gasteiger partial charge is 0.267 e. The number of para-hydroxylation sites is 1. The van der Waals surface area contributed by atoms with Crippen molar-refractivity contribution in [1.82, 2.24) is 4.98 Å². The molecule has 0 aliphatic rings. The Kier molecular flexibility index (Phi) is 4.45. The van der Waals surface area contributed by atoms with Crippen molar-refractivity contribution in [2.45, 2.75) is 20.0 Å². The summed E-state index contributed by atoms with van der Waals surface area (Å²) in [5.74, 6) is -0.333. The van der Waals surface area contributed by atoms with Crippen LogP contribution >= 0.6 is 22.9 Å². The molecule has 1 amide bonds. The Bertz CT molecular complexity index is 937. The number of aliphatic hydroxyl groups excluding tert-OH is 1. The molecule has 1 atom stereocenters. The summed E-state index contributed by atoms with van der Waals surface area (Å²) in [6.07, 6.45) is -0.651. The van der Waals surface area contributed by atoms with Crippen LogP contribution in [-0.4, -0.2) is 16.0 Å². The molecule has 0 saturated carbocycles. The third-order valence-electron chi connectivity index (χ3n) is 3.73. The summed E-state index contributed by atoms with van der Waals surface area (Å²) in [5, 5.41) is 13.7. The molecule has 0 aliphatic carbocycles. The fourth-order valence-electron chi connectivity index (χ4n) is 2.48. The number of amides is 1. The number of thiophene rings is 1. The Morgan fingerprint density at radius 2 is 2.12 bits per heavy atom. The number of pyridine rings is 1. The van der Waals surface area contributed by atoms with Crippen molar-refractivity contribution in [3.8, 4) is 0 Å². The molecule has 2 heterocycles. The molecule has 0 saturated heterocycles. The van der Waals surface area contributed by atoms with Crippen LogP contribution in [0.4, 0.5) is 11.4 Å². The monoisotopic (exact) mass is 361 g/mol. The first-order chi connectivity index (χ1) is 11.4. The lowest BCUT2D eigenvalue weighted by molar-refractivity contribution is 0.103. The first kappa shape index (κ1) is 16.7. The second-order valence-corrected chi connectivity index (χ2v) is 6.88. The van der Waals surface area contributed by atoms with Gasteiger partial charge in [-0.05, 0) is 32.0 Å². The molecule has 0 fully saturated rings. The van der Waals surface area contributed by atoms with E-state index in [1.165, 1.54) is 11.3 Å². The molecule has 7 heteroatoms. The Balaban J connectivity index is 2.02. The van der Waals surface area contributed by atoms with E-state index in [4.69, 9.17) is 17.3 Å². The number of benzene rings is 1. The molecule has 5 nitrogen and oxygen atoms in total. The van der Waals surface area contributed by atoms with E-state index in [1.54, 1.807) is 37.3 Å². The molecule has 4 N–H and O–H groups in total.